The molecular weight excluding hydrogens is 461 g/mol. The second-order valence-electron chi connectivity index (χ2n) is 8.59. The van der Waals surface area contributed by atoms with Gasteiger partial charge in [-0.3, -0.25) is 4.79 Å². The number of carbonyl (C=O) groups is 1. The second kappa shape index (κ2) is 9.77. The first-order valence-electron chi connectivity index (χ1n) is 11.1. The molecule has 0 saturated carbocycles. The summed E-state index contributed by atoms with van der Waals surface area (Å²) in [5.74, 6) is -0.233. The van der Waals surface area contributed by atoms with Gasteiger partial charge in [-0.25, -0.2) is 17.8 Å². The zero-order valence-corrected chi connectivity index (χ0v) is 20.5. The molecule has 176 valence electrons. The standard InChI is InChI=1S/C24H28FN3O3S2/c1-17(2)20-5-3-6-21-23(20)26-24(32-21)28-14-12-27(13-15-28)22(29)7-4-16-33(30,31)19-10-8-18(25)9-11-19/h3,5-6,8-11,17H,4,7,12-16H2,1-2H3. The summed E-state index contributed by atoms with van der Waals surface area (Å²) in [5, 5.41) is 0.982. The highest BCUT2D eigenvalue weighted by atomic mass is 32.2. The van der Waals surface area contributed by atoms with Crippen LogP contribution in [-0.2, 0) is 14.6 Å². The number of hydrogen-bond donors (Lipinski definition) is 0. The molecule has 1 aliphatic heterocycles. The largest absolute Gasteiger partial charge is 0.345 e. The number of benzene rings is 2. The van der Waals surface area contributed by atoms with E-state index in [0.29, 0.717) is 32.1 Å². The first kappa shape index (κ1) is 23.6. The Kier molecular flexibility index (Phi) is 6.99. The van der Waals surface area contributed by atoms with E-state index in [1.54, 1.807) is 16.2 Å². The van der Waals surface area contributed by atoms with E-state index in [-0.39, 0.29) is 29.4 Å². The lowest BCUT2D eigenvalue weighted by Crippen LogP contribution is -2.48. The summed E-state index contributed by atoms with van der Waals surface area (Å²) in [7, 11) is -3.52. The molecule has 1 fully saturated rings. The summed E-state index contributed by atoms with van der Waals surface area (Å²) >= 11 is 1.68. The fraction of sp³-hybridized carbons (Fsp3) is 0.417. The van der Waals surface area contributed by atoms with Crippen LogP contribution in [0.25, 0.3) is 10.2 Å². The van der Waals surface area contributed by atoms with E-state index in [1.807, 2.05) is 0 Å². The maximum absolute atomic E-state index is 13.0. The Labute approximate surface area is 198 Å². The molecule has 0 unspecified atom stereocenters. The summed E-state index contributed by atoms with van der Waals surface area (Å²) in [6, 6.07) is 11.1. The van der Waals surface area contributed by atoms with Crippen LogP contribution in [0, 0.1) is 5.82 Å². The predicted molar refractivity (Wildman–Crippen MR) is 130 cm³/mol. The fourth-order valence-electron chi connectivity index (χ4n) is 4.04. The van der Waals surface area contributed by atoms with Crippen LogP contribution in [0.5, 0.6) is 0 Å². The number of hydrogen-bond acceptors (Lipinski definition) is 6. The lowest BCUT2D eigenvalue weighted by molar-refractivity contribution is -0.131. The van der Waals surface area contributed by atoms with Crippen LogP contribution in [0.4, 0.5) is 9.52 Å². The second-order valence-corrected chi connectivity index (χ2v) is 11.7. The quantitative estimate of drug-likeness (QED) is 0.458. The number of piperazine rings is 1. The SMILES string of the molecule is CC(C)c1cccc2sc(N3CCN(C(=O)CCCS(=O)(=O)c4ccc(F)cc4)CC3)nc12. The van der Waals surface area contributed by atoms with Crippen molar-refractivity contribution in [2.24, 2.45) is 0 Å². The Morgan fingerprint density at radius 2 is 1.79 bits per heavy atom. The highest BCUT2D eigenvalue weighted by Crippen LogP contribution is 2.33. The van der Waals surface area contributed by atoms with Gasteiger partial charge in [0, 0.05) is 32.6 Å². The van der Waals surface area contributed by atoms with Crippen molar-refractivity contribution in [1.82, 2.24) is 9.88 Å². The van der Waals surface area contributed by atoms with Crippen molar-refractivity contribution in [2.45, 2.75) is 37.5 Å². The van der Waals surface area contributed by atoms with Crippen LogP contribution < -0.4 is 4.90 Å². The molecule has 33 heavy (non-hydrogen) atoms. The molecule has 0 spiro atoms. The maximum atomic E-state index is 13.0. The number of nitrogens with zero attached hydrogens (tertiary/aromatic N) is 3. The van der Waals surface area contributed by atoms with Crippen LogP contribution in [-0.4, -0.2) is 56.1 Å². The van der Waals surface area contributed by atoms with Crippen molar-refractivity contribution in [3.8, 4) is 0 Å². The Morgan fingerprint density at radius 3 is 2.45 bits per heavy atom. The normalized spacial score (nSPS) is 14.9. The molecule has 2 aromatic carbocycles. The highest BCUT2D eigenvalue weighted by Gasteiger charge is 2.24. The Hall–Kier alpha value is -2.52. The van der Waals surface area contributed by atoms with Crippen molar-refractivity contribution < 1.29 is 17.6 Å². The average Bonchev–Trinajstić information content (AvgIpc) is 3.23. The summed E-state index contributed by atoms with van der Waals surface area (Å²) in [5.41, 5.74) is 2.31. The van der Waals surface area contributed by atoms with Crippen molar-refractivity contribution in [2.75, 3.05) is 36.8 Å². The average molecular weight is 490 g/mol. The number of aromatic nitrogens is 1. The molecular formula is C24H28FN3O3S2. The minimum atomic E-state index is -3.52. The topological polar surface area (TPSA) is 70.6 Å². The zero-order valence-electron chi connectivity index (χ0n) is 18.8. The van der Waals surface area contributed by atoms with Gasteiger partial charge < -0.3 is 9.80 Å². The van der Waals surface area contributed by atoms with Gasteiger partial charge >= 0.3 is 0 Å². The molecule has 3 aromatic rings. The van der Waals surface area contributed by atoms with E-state index in [0.717, 1.165) is 22.8 Å². The predicted octanol–water partition coefficient (Wildman–Crippen LogP) is 4.46. The molecule has 9 heteroatoms. The van der Waals surface area contributed by atoms with Gasteiger partial charge in [0.25, 0.3) is 0 Å². The molecule has 0 atom stereocenters. The third-order valence-electron chi connectivity index (χ3n) is 5.94. The Morgan fingerprint density at radius 1 is 1.09 bits per heavy atom. The number of fused-ring (bicyclic) bond motifs is 1. The number of carbonyl (C=O) groups excluding carboxylic acids is 1. The summed E-state index contributed by atoms with van der Waals surface area (Å²) < 4.78 is 39.0. The van der Waals surface area contributed by atoms with Crippen LogP contribution >= 0.6 is 11.3 Å². The Bertz CT molecular complexity index is 1230. The monoisotopic (exact) mass is 489 g/mol. The molecule has 2 heterocycles. The van der Waals surface area contributed by atoms with Gasteiger partial charge in [-0.05, 0) is 48.2 Å². The molecule has 1 aromatic heterocycles. The first-order chi connectivity index (χ1) is 15.7. The van der Waals surface area contributed by atoms with Crippen molar-refractivity contribution in [3.05, 3.63) is 53.8 Å². The molecule has 0 bridgehead atoms. The number of para-hydroxylation sites is 1. The number of amides is 1. The van der Waals surface area contributed by atoms with Crippen molar-refractivity contribution in [1.29, 1.82) is 0 Å². The van der Waals surface area contributed by atoms with Crippen LogP contribution in [0.3, 0.4) is 0 Å². The van der Waals surface area contributed by atoms with Gasteiger partial charge in [0.05, 0.1) is 20.9 Å². The van der Waals surface area contributed by atoms with E-state index in [4.69, 9.17) is 4.98 Å². The molecule has 1 amide bonds. The lowest BCUT2D eigenvalue weighted by atomic mass is 10.0. The first-order valence-corrected chi connectivity index (χ1v) is 13.6. The summed E-state index contributed by atoms with van der Waals surface area (Å²) in [4.78, 5) is 21.6. The number of rotatable bonds is 7. The van der Waals surface area contributed by atoms with Gasteiger partial charge in [0.1, 0.15) is 5.82 Å². The number of sulfone groups is 1. The molecule has 4 rings (SSSR count). The van der Waals surface area contributed by atoms with E-state index in [2.05, 4.69) is 36.9 Å². The summed E-state index contributed by atoms with van der Waals surface area (Å²) in [6.07, 6.45) is 0.425. The number of thiazole rings is 1. The molecule has 6 nitrogen and oxygen atoms in total. The maximum Gasteiger partial charge on any atom is 0.222 e. The third-order valence-corrected chi connectivity index (χ3v) is 8.84. The van der Waals surface area contributed by atoms with E-state index >= 15 is 0 Å². The van der Waals surface area contributed by atoms with Gasteiger partial charge in [0.2, 0.25) is 5.91 Å². The van der Waals surface area contributed by atoms with Crippen LogP contribution in [0.2, 0.25) is 0 Å². The van der Waals surface area contributed by atoms with Crippen molar-refractivity contribution >= 4 is 42.4 Å². The van der Waals surface area contributed by atoms with Crippen LogP contribution in [0.15, 0.2) is 47.4 Å². The van der Waals surface area contributed by atoms with E-state index in [9.17, 15) is 17.6 Å². The van der Waals surface area contributed by atoms with Gasteiger partial charge in [-0.15, -0.1) is 0 Å². The molecule has 0 radical (unpaired) electrons. The van der Waals surface area contributed by atoms with Crippen molar-refractivity contribution in [3.63, 3.8) is 0 Å². The van der Waals surface area contributed by atoms with Gasteiger partial charge in [-0.1, -0.05) is 37.3 Å². The molecule has 0 aliphatic carbocycles. The third kappa shape index (κ3) is 5.35. The molecule has 1 saturated heterocycles. The summed E-state index contributed by atoms with van der Waals surface area (Å²) in [6.45, 7) is 6.94. The van der Waals surface area contributed by atoms with Gasteiger partial charge in [-0.2, -0.15) is 0 Å². The Balaban J connectivity index is 1.30. The minimum Gasteiger partial charge on any atom is -0.345 e. The zero-order chi connectivity index (χ0) is 23.6. The minimum absolute atomic E-state index is 0.0321. The molecule has 0 N–H and O–H groups in total. The van der Waals surface area contributed by atoms with Gasteiger partial charge in [0.15, 0.2) is 15.0 Å². The van der Waals surface area contributed by atoms with E-state index in [1.165, 1.54) is 22.4 Å². The lowest BCUT2D eigenvalue weighted by Gasteiger charge is -2.34. The molecule has 1 aliphatic rings. The highest BCUT2D eigenvalue weighted by molar-refractivity contribution is 7.91. The van der Waals surface area contributed by atoms with E-state index < -0.39 is 15.7 Å². The number of halogens is 1. The van der Waals surface area contributed by atoms with Crippen LogP contribution in [0.1, 0.15) is 38.2 Å². The number of anilines is 1. The smallest absolute Gasteiger partial charge is 0.222 e. The fourth-order valence-corrected chi connectivity index (χ4v) is 6.40.